The molecule has 0 aliphatic heterocycles. The predicted molar refractivity (Wildman–Crippen MR) is 180 cm³/mol. The van der Waals surface area contributed by atoms with Gasteiger partial charge >= 0.3 is 0 Å². The van der Waals surface area contributed by atoms with Gasteiger partial charge in [-0.15, -0.1) is 0 Å². The molecule has 2 aromatic carbocycles. The van der Waals surface area contributed by atoms with Gasteiger partial charge in [-0.2, -0.15) is 9.97 Å². The standard InChI is InChI=1S/C37H47N3O6/c1-24(41)10-7-11-28-16-18-34(39-36(28)43-5)45-22-30-12-8-14-32(26(30)3)33-15-9-13-31(27(33)4)23-46-35-19-17-29(37(40-35)44-6)21-38-20-25(2)42/h8-9,12-19,24-25,38,41-42H,7,10-11,20-23H2,1-6H3/t24-,25-/m0/s1. The van der Waals surface area contributed by atoms with Crippen molar-refractivity contribution in [3.05, 3.63) is 94.0 Å². The molecule has 0 saturated heterocycles. The number of aryl methyl sites for hydroxylation is 1. The Balaban J connectivity index is 1.44. The third-order valence-electron chi connectivity index (χ3n) is 7.97. The van der Waals surface area contributed by atoms with E-state index in [4.69, 9.17) is 18.9 Å². The molecule has 4 aromatic rings. The summed E-state index contributed by atoms with van der Waals surface area (Å²) in [6, 6.07) is 20.1. The van der Waals surface area contributed by atoms with Crippen LogP contribution in [0.15, 0.2) is 60.7 Å². The third kappa shape index (κ3) is 9.42. The smallest absolute Gasteiger partial charge is 0.220 e. The van der Waals surface area contributed by atoms with Crippen LogP contribution >= 0.6 is 0 Å². The maximum absolute atomic E-state index is 9.56. The zero-order chi connectivity index (χ0) is 33.1. The number of pyridine rings is 2. The van der Waals surface area contributed by atoms with E-state index in [0.29, 0.717) is 49.8 Å². The van der Waals surface area contributed by atoms with E-state index in [2.05, 4.69) is 59.5 Å². The van der Waals surface area contributed by atoms with Gasteiger partial charge in [0.15, 0.2) is 0 Å². The number of methoxy groups -OCH3 is 2. The predicted octanol–water partition coefficient (Wildman–Crippen LogP) is 6.11. The molecule has 2 heterocycles. The Labute approximate surface area is 272 Å². The molecule has 0 radical (unpaired) electrons. The Morgan fingerprint density at radius 3 is 1.70 bits per heavy atom. The van der Waals surface area contributed by atoms with Crippen LogP contribution in [0, 0.1) is 13.8 Å². The number of aliphatic hydroxyl groups is 2. The molecule has 46 heavy (non-hydrogen) atoms. The number of aromatic nitrogens is 2. The molecule has 0 spiro atoms. The van der Waals surface area contributed by atoms with Crippen LogP contribution in [-0.2, 0) is 26.2 Å². The van der Waals surface area contributed by atoms with Gasteiger partial charge in [0.05, 0.1) is 26.4 Å². The van der Waals surface area contributed by atoms with Crippen LogP contribution in [0.5, 0.6) is 23.5 Å². The van der Waals surface area contributed by atoms with E-state index in [1.54, 1.807) is 28.1 Å². The first kappa shape index (κ1) is 34.7. The molecule has 0 aliphatic rings. The van der Waals surface area contributed by atoms with Crippen molar-refractivity contribution in [1.29, 1.82) is 0 Å². The molecule has 0 aliphatic carbocycles. The summed E-state index contributed by atoms with van der Waals surface area (Å²) < 4.78 is 23.2. The molecule has 9 nitrogen and oxygen atoms in total. The van der Waals surface area contributed by atoms with E-state index < -0.39 is 6.10 Å². The van der Waals surface area contributed by atoms with Crippen LogP contribution in [0.4, 0.5) is 0 Å². The molecule has 2 aromatic heterocycles. The first-order valence-electron chi connectivity index (χ1n) is 15.8. The highest BCUT2D eigenvalue weighted by Gasteiger charge is 2.14. The largest absolute Gasteiger partial charge is 0.481 e. The second kappa shape index (κ2) is 16.9. The average Bonchev–Trinajstić information content (AvgIpc) is 3.04. The van der Waals surface area contributed by atoms with Crippen LogP contribution < -0.4 is 24.3 Å². The van der Waals surface area contributed by atoms with Crippen LogP contribution in [0.2, 0.25) is 0 Å². The number of hydrogen-bond acceptors (Lipinski definition) is 9. The van der Waals surface area contributed by atoms with Gasteiger partial charge in [0, 0.05) is 36.3 Å². The van der Waals surface area contributed by atoms with Crippen LogP contribution in [0.25, 0.3) is 11.1 Å². The number of rotatable bonds is 17. The Bertz CT molecular complexity index is 1460. The summed E-state index contributed by atoms with van der Waals surface area (Å²) in [6.07, 6.45) is 1.63. The van der Waals surface area contributed by atoms with Crippen molar-refractivity contribution >= 4 is 0 Å². The van der Waals surface area contributed by atoms with Crippen molar-refractivity contribution in [2.75, 3.05) is 20.8 Å². The molecule has 0 saturated carbocycles. The zero-order valence-electron chi connectivity index (χ0n) is 27.8. The second-order valence-corrected chi connectivity index (χ2v) is 11.6. The van der Waals surface area contributed by atoms with Gasteiger partial charge in [0.1, 0.15) is 13.2 Å². The molecule has 9 heteroatoms. The van der Waals surface area contributed by atoms with E-state index in [1.165, 1.54) is 0 Å². The highest BCUT2D eigenvalue weighted by Crippen LogP contribution is 2.32. The Morgan fingerprint density at radius 1 is 0.674 bits per heavy atom. The maximum atomic E-state index is 9.56. The highest BCUT2D eigenvalue weighted by atomic mass is 16.5. The SMILES string of the molecule is COc1nc(OCc2cccc(-c3cccc(COc4ccc(CNC[C@H](C)O)c(OC)n4)c3C)c2C)ccc1CCC[C@H](C)O. The lowest BCUT2D eigenvalue weighted by Crippen LogP contribution is -2.24. The first-order valence-corrected chi connectivity index (χ1v) is 15.8. The topological polar surface area (TPSA) is 115 Å². The van der Waals surface area contributed by atoms with Gasteiger partial charge < -0.3 is 34.5 Å². The minimum Gasteiger partial charge on any atom is -0.481 e. The van der Waals surface area contributed by atoms with E-state index in [1.807, 2.05) is 30.3 Å². The monoisotopic (exact) mass is 629 g/mol. The maximum Gasteiger partial charge on any atom is 0.220 e. The van der Waals surface area contributed by atoms with Crippen molar-refractivity contribution in [3.8, 4) is 34.6 Å². The molecular weight excluding hydrogens is 582 g/mol. The van der Waals surface area contributed by atoms with Crippen molar-refractivity contribution in [3.63, 3.8) is 0 Å². The summed E-state index contributed by atoms with van der Waals surface area (Å²) in [5.74, 6) is 2.03. The molecule has 0 bridgehead atoms. The number of nitrogens with one attached hydrogen (secondary N) is 1. The summed E-state index contributed by atoms with van der Waals surface area (Å²) in [4.78, 5) is 9.11. The summed E-state index contributed by atoms with van der Waals surface area (Å²) >= 11 is 0. The molecule has 3 N–H and O–H groups in total. The van der Waals surface area contributed by atoms with Gasteiger partial charge in [0.2, 0.25) is 23.5 Å². The van der Waals surface area contributed by atoms with Crippen molar-refractivity contribution in [2.45, 2.75) is 78.9 Å². The second-order valence-electron chi connectivity index (χ2n) is 11.6. The molecule has 0 unspecified atom stereocenters. The number of benzene rings is 2. The molecule has 0 fully saturated rings. The summed E-state index contributed by atoms with van der Waals surface area (Å²) in [6.45, 7) is 9.52. The lowest BCUT2D eigenvalue weighted by molar-refractivity contribution is 0.181. The fourth-order valence-electron chi connectivity index (χ4n) is 5.31. The molecule has 0 amide bonds. The van der Waals surface area contributed by atoms with Crippen LogP contribution in [0.3, 0.4) is 0 Å². The number of nitrogens with zero attached hydrogens (tertiary/aromatic N) is 2. The zero-order valence-corrected chi connectivity index (χ0v) is 27.8. The van der Waals surface area contributed by atoms with Crippen LogP contribution in [0.1, 0.15) is 60.1 Å². The van der Waals surface area contributed by atoms with E-state index in [0.717, 1.165) is 63.8 Å². The van der Waals surface area contributed by atoms with Crippen molar-refractivity contribution in [1.82, 2.24) is 15.3 Å². The molecular formula is C37H47N3O6. The van der Waals surface area contributed by atoms with E-state index in [-0.39, 0.29) is 6.10 Å². The van der Waals surface area contributed by atoms with Crippen molar-refractivity contribution < 1.29 is 29.2 Å². The number of ether oxygens (including phenoxy) is 4. The average molecular weight is 630 g/mol. The molecule has 2 atom stereocenters. The minimum atomic E-state index is -0.428. The van der Waals surface area contributed by atoms with Gasteiger partial charge in [0.25, 0.3) is 0 Å². The van der Waals surface area contributed by atoms with E-state index in [9.17, 15) is 10.2 Å². The van der Waals surface area contributed by atoms with Gasteiger partial charge in [-0.05, 0) is 92.5 Å². The Morgan fingerprint density at radius 2 is 1.20 bits per heavy atom. The van der Waals surface area contributed by atoms with Gasteiger partial charge in [-0.3, -0.25) is 0 Å². The quantitative estimate of drug-likeness (QED) is 0.127. The fraction of sp³-hybridized carbons (Fsp3) is 0.405. The Kier molecular flexibility index (Phi) is 12.8. The Hall–Kier alpha value is -4.18. The lowest BCUT2D eigenvalue weighted by Gasteiger charge is -2.17. The van der Waals surface area contributed by atoms with Gasteiger partial charge in [-0.25, -0.2) is 0 Å². The highest BCUT2D eigenvalue weighted by molar-refractivity contribution is 5.72. The van der Waals surface area contributed by atoms with Crippen molar-refractivity contribution in [2.24, 2.45) is 0 Å². The van der Waals surface area contributed by atoms with E-state index >= 15 is 0 Å². The first-order chi connectivity index (χ1) is 22.2. The minimum absolute atomic E-state index is 0.318. The third-order valence-corrected chi connectivity index (χ3v) is 7.97. The molecule has 4 rings (SSSR count). The summed E-state index contributed by atoms with van der Waals surface area (Å²) in [7, 11) is 3.20. The summed E-state index contributed by atoms with van der Waals surface area (Å²) in [5, 5.41) is 22.2. The number of hydrogen-bond donors (Lipinski definition) is 3. The van der Waals surface area contributed by atoms with Crippen LogP contribution in [-0.4, -0.2) is 53.2 Å². The molecule has 246 valence electrons. The van der Waals surface area contributed by atoms with Gasteiger partial charge in [-0.1, -0.05) is 36.4 Å². The normalized spacial score (nSPS) is 12.4. The lowest BCUT2D eigenvalue weighted by atomic mass is 9.92. The summed E-state index contributed by atoms with van der Waals surface area (Å²) in [5.41, 5.74) is 8.56. The number of aliphatic hydroxyl groups excluding tert-OH is 2. The fourth-order valence-corrected chi connectivity index (χ4v) is 5.31.